The first kappa shape index (κ1) is 18.7. The molecular weight excluding hydrogens is 372 g/mol. The highest BCUT2D eigenvalue weighted by molar-refractivity contribution is 6.07. The van der Waals surface area contributed by atoms with Crippen LogP contribution in [0.1, 0.15) is 45.2 Å². The molecule has 4 rings (SSSR count). The molecule has 3 aromatic rings. The van der Waals surface area contributed by atoms with Gasteiger partial charge in [-0.15, -0.1) is 0 Å². The lowest BCUT2D eigenvalue weighted by molar-refractivity contribution is 0.0549. The van der Waals surface area contributed by atoms with Gasteiger partial charge in [0.2, 0.25) is 0 Å². The predicted molar refractivity (Wildman–Crippen MR) is 105 cm³/mol. The Morgan fingerprint density at radius 1 is 1.03 bits per heavy atom. The highest BCUT2D eigenvalue weighted by Gasteiger charge is 2.33. The molecule has 0 spiro atoms. The molecule has 1 heterocycles. The second kappa shape index (κ2) is 7.43. The fraction of sp³-hybridized carbons (Fsp3) is 0.227. The molecule has 0 aliphatic heterocycles. The Labute approximate surface area is 167 Å². The van der Waals surface area contributed by atoms with Gasteiger partial charge in [-0.25, -0.2) is 14.3 Å². The van der Waals surface area contributed by atoms with Crippen LogP contribution in [-0.2, 0) is 9.47 Å². The Morgan fingerprint density at radius 2 is 1.72 bits per heavy atom. The van der Waals surface area contributed by atoms with Gasteiger partial charge in [-0.1, -0.05) is 24.3 Å². The Hall–Kier alpha value is -3.61. The van der Waals surface area contributed by atoms with E-state index in [0.717, 1.165) is 18.4 Å². The van der Waals surface area contributed by atoms with E-state index in [4.69, 9.17) is 9.47 Å². The molecule has 0 unspecified atom stereocenters. The number of carbonyl (C=O) groups excluding carboxylic acids is 2. The number of methoxy groups -OCH3 is 2. The van der Waals surface area contributed by atoms with Gasteiger partial charge in [0.15, 0.2) is 5.69 Å². The number of carbonyl (C=O) groups is 2. The number of hydrogen-bond acceptors (Lipinski definition) is 6. The molecule has 0 atom stereocenters. The average molecular weight is 392 g/mol. The summed E-state index contributed by atoms with van der Waals surface area (Å²) in [4.78, 5) is 25.3. The van der Waals surface area contributed by atoms with Crippen LogP contribution in [0.25, 0.3) is 16.9 Å². The smallest absolute Gasteiger partial charge is 0.357 e. The van der Waals surface area contributed by atoms with E-state index in [9.17, 15) is 14.7 Å². The number of nitrogens with zero attached hydrogens (tertiary/aromatic N) is 2. The molecule has 0 radical (unpaired) electrons. The van der Waals surface area contributed by atoms with E-state index in [-0.39, 0.29) is 22.7 Å². The molecule has 0 amide bonds. The van der Waals surface area contributed by atoms with Crippen molar-refractivity contribution >= 4 is 11.9 Å². The fourth-order valence-corrected chi connectivity index (χ4v) is 3.36. The van der Waals surface area contributed by atoms with Gasteiger partial charge in [-0.2, -0.15) is 5.10 Å². The van der Waals surface area contributed by atoms with Crippen LogP contribution in [0.3, 0.4) is 0 Å². The summed E-state index contributed by atoms with van der Waals surface area (Å²) in [6.45, 7) is 0. The monoisotopic (exact) mass is 392 g/mol. The zero-order chi connectivity index (χ0) is 20.5. The van der Waals surface area contributed by atoms with E-state index in [0.29, 0.717) is 17.2 Å². The predicted octanol–water partition coefficient (Wildman–Crippen LogP) is 3.70. The summed E-state index contributed by atoms with van der Waals surface area (Å²) in [6.07, 6.45) is 2.17. The maximum absolute atomic E-state index is 12.7. The molecule has 1 aliphatic rings. The Morgan fingerprint density at radius 3 is 2.34 bits per heavy atom. The van der Waals surface area contributed by atoms with Gasteiger partial charge in [0.1, 0.15) is 17.0 Å². The molecule has 1 fully saturated rings. The topological polar surface area (TPSA) is 90.6 Å². The lowest BCUT2D eigenvalue weighted by atomic mass is 10.0. The SMILES string of the molecule is COC(=O)c1c(-c2cc(C3CC3)ccc2O)nn(-c2ccccc2)c1C(=O)OC. The molecule has 7 heteroatoms. The summed E-state index contributed by atoms with van der Waals surface area (Å²) in [5, 5.41) is 15.0. The van der Waals surface area contributed by atoms with Gasteiger partial charge in [-0.05, 0) is 48.6 Å². The zero-order valence-electron chi connectivity index (χ0n) is 16.1. The molecule has 1 aliphatic carbocycles. The molecule has 1 saturated carbocycles. The van der Waals surface area contributed by atoms with E-state index in [1.165, 1.54) is 18.9 Å². The lowest BCUT2D eigenvalue weighted by Crippen LogP contribution is -2.15. The van der Waals surface area contributed by atoms with Gasteiger partial charge in [0.25, 0.3) is 0 Å². The van der Waals surface area contributed by atoms with Gasteiger partial charge < -0.3 is 14.6 Å². The summed E-state index contributed by atoms with van der Waals surface area (Å²) in [5.41, 5.74) is 2.06. The highest BCUT2D eigenvalue weighted by atomic mass is 16.5. The number of phenols is 1. The van der Waals surface area contributed by atoms with Crippen molar-refractivity contribution in [2.45, 2.75) is 18.8 Å². The summed E-state index contributed by atoms with van der Waals surface area (Å²) in [7, 11) is 2.46. The number of hydrogen-bond donors (Lipinski definition) is 1. The molecular formula is C22H20N2O5. The van der Waals surface area contributed by atoms with Crippen molar-refractivity contribution in [1.82, 2.24) is 9.78 Å². The van der Waals surface area contributed by atoms with Crippen LogP contribution < -0.4 is 0 Å². The van der Waals surface area contributed by atoms with Crippen molar-refractivity contribution < 1.29 is 24.2 Å². The van der Waals surface area contributed by atoms with E-state index < -0.39 is 11.9 Å². The first-order valence-electron chi connectivity index (χ1n) is 9.23. The molecule has 1 aromatic heterocycles. The quantitative estimate of drug-likeness (QED) is 0.666. The van der Waals surface area contributed by atoms with E-state index in [1.54, 1.807) is 30.3 Å². The molecule has 148 valence electrons. The first-order chi connectivity index (χ1) is 14.0. The molecule has 7 nitrogen and oxygen atoms in total. The number of rotatable bonds is 5. The van der Waals surface area contributed by atoms with Gasteiger partial charge in [-0.3, -0.25) is 0 Å². The van der Waals surface area contributed by atoms with E-state index in [2.05, 4.69) is 5.10 Å². The third-order valence-electron chi connectivity index (χ3n) is 4.98. The Balaban J connectivity index is 2.01. The number of esters is 2. The normalized spacial score (nSPS) is 13.2. The van der Waals surface area contributed by atoms with Crippen LogP contribution in [0.4, 0.5) is 0 Å². The number of ether oxygens (including phenoxy) is 2. The Bertz CT molecular complexity index is 1080. The molecule has 29 heavy (non-hydrogen) atoms. The molecule has 2 aromatic carbocycles. The summed E-state index contributed by atoms with van der Waals surface area (Å²) < 4.78 is 11.2. The number of para-hydroxylation sites is 1. The summed E-state index contributed by atoms with van der Waals surface area (Å²) >= 11 is 0. The van der Waals surface area contributed by atoms with Crippen LogP contribution in [-0.4, -0.2) is 41.0 Å². The zero-order valence-corrected chi connectivity index (χ0v) is 16.1. The molecule has 1 N–H and O–H groups in total. The van der Waals surface area contributed by atoms with E-state index >= 15 is 0 Å². The average Bonchev–Trinajstić information content (AvgIpc) is 3.53. The largest absolute Gasteiger partial charge is 0.507 e. The van der Waals surface area contributed by atoms with Gasteiger partial charge >= 0.3 is 11.9 Å². The number of phenolic OH excluding ortho intramolecular Hbond substituents is 1. The standard InChI is InChI=1S/C22H20N2O5/c1-28-21(26)18-19(16-12-14(13-8-9-13)10-11-17(16)25)23-24(20(18)22(27)29-2)15-6-4-3-5-7-15/h3-7,10-13,25H,8-9H2,1-2H3. The minimum Gasteiger partial charge on any atom is -0.507 e. The maximum atomic E-state index is 12.7. The van der Waals surface area contributed by atoms with Crippen molar-refractivity contribution in [3.8, 4) is 22.7 Å². The number of benzene rings is 2. The third kappa shape index (κ3) is 3.35. The molecule has 0 bridgehead atoms. The number of aromatic hydroxyl groups is 1. The third-order valence-corrected chi connectivity index (χ3v) is 4.98. The van der Waals surface area contributed by atoms with Crippen LogP contribution >= 0.6 is 0 Å². The number of aromatic nitrogens is 2. The minimum absolute atomic E-state index is 0.0336. The van der Waals surface area contributed by atoms with Crippen molar-refractivity contribution in [2.75, 3.05) is 14.2 Å². The summed E-state index contributed by atoms with van der Waals surface area (Å²) in [6, 6.07) is 14.2. The minimum atomic E-state index is -0.737. The van der Waals surface area contributed by atoms with Crippen molar-refractivity contribution in [2.24, 2.45) is 0 Å². The van der Waals surface area contributed by atoms with Gasteiger partial charge in [0, 0.05) is 5.56 Å². The van der Waals surface area contributed by atoms with Crippen molar-refractivity contribution in [3.05, 3.63) is 65.4 Å². The first-order valence-corrected chi connectivity index (χ1v) is 9.23. The second-order valence-electron chi connectivity index (χ2n) is 6.85. The lowest BCUT2D eigenvalue weighted by Gasteiger charge is -2.07. The van der Waals surface area contributed by atoms with Crippen LogP contribution in [0, 0.1) is 0 Å². The molecule has 0 saturated heterocycles. The Kier molecular flexibility index (Phi) is 4.80. The van der Waals surface area contributed by atoms with Crippen molar-refractivity contribution in [3.63, 3.8) is 0 Å². The maximum Gasteiger partial charge on any atom is 0.357 e. The van der Waals surface area contributed by atoms with Crippen LogP contribution in [0.15, 0.2) is 48.5 Å². The van der Waals surface area contributed by atoms with Crippen LogP contribution in [0.2, 0.25) is 0 Å². The fourth-order valence-electron chi connectivity index (χ4n) is 3.36. The highest BCUT2D eigenvalue weighted by Crippen LogP contribution is 2.43. The summed E-state index contributed by atoms with van der Waals surface area (Å²) in [5.74, 6) is -1.06. The van der Waals surface area contributed by atoms with Crippen molar-refractivity contribution in [1.29, 1.82) is 0 Å². The van der Waals surface area contributed by atoms with E-state index in [1.807, 2.05) is 18.2 Å². The second-order valence-corrected chi connectivity index (χ2v) is 6.85. The van der Waals surface area contributed by atoms with Gasteiger partial charge in [0.05, 0.1) is 19.9 Å². The van der Waals surface area contributed by atoms with Crippen LogP contribution in [0.5, 0.6) is 5.75 Å².